The van der Waals surface area contributed by atoms with Gasteiger partial charge in [0.1, 0.15) is 5.75 Å². The number of hydrogen-bond donors (Lipinski definition) is 0. The van der Waals surface area contributed by atoms with Gasteiger partial charge in [0.15, 0.2) is 0 Å². The fraction of sp³-hybridized carbons (Fsp3) is 0.333. The van der Waals surface area contributed by atoms with Crippen LogP contribution < -0.4 is 4.74 Å². The molecule has 0 aliphatic carbocycles. The number of hydrogen-bond acceptors (Lipinski definition) is 3. The van der Waals surface area contributed by atoms with Crippen molar-refractivity contribution in [2.45, 2.75) is 57.8 Å². The van der Waals surface area contributed by atoms with Gasteiger partial charge in [-0.05, 0) is 41.8 Å². The Morgan fingerprint density at radius 2 is 1.00 bits per heavy atom. The number of unbranched alkanes of at least 4 members (excludes halogenated alkanes) is 8. The largest absolute Gasteiger partial charge is 0.492 e. The van der Waals surface area contributed by atoms with Gasteiger partial charge in [0.05, 0.1) is 17.7 Å². The smallest absolute Gasteiger partial charge is 0.261 e. The van der Waals surface area contributed by atoms with Crippen LogP contribution in [-0.2, 0) is 0 Å². The molecule has 37 heavy (non-hydrogen) atoms. The van der Waals surface area contributed by atoms with Crippen molar-refractivity contribution in [3.63, 3.8) is 0 Å². The molecule has 0 fully saturated rings. The van der Waals surface area contributed by atoms with Crippen molar-refractivity contribution in [2.75, 3.05) is 13.2 Å². The molecule has 1 heterocycles. The van der Waals surface area contributed by atoms with E-state index in [2.05, 4.69) is 54.6 Å². The zero-order valence-electron chi connectivity index (χ0n) is 21.5. The van der Waals surface area contributed by atoms with Crippen LogP contribution in [-0.4, -0.2) is 29.9 Å². The van der Waals surface area contributed by atoms with Gasteiger partial charge in [-0.3, -0.25) is 14.5 Å². The van der Waals surface area contributed by atoms with E-state index in [4.69, 9.17) is 4.74 Å². The molecule has 1 aliphatic rings. The maximum absolute atomic E-state index is 12.4. The maximum Gasteiger partial charge on any atom is 0.261 e. The number of imide groups is 1. The Morgan fingerprint density at radius 1 is 0.541 bits per heavy atom. The van der Waals surface area contributed by atoms with Gasteiger partial charge in [0, 0.05) is 17.3 Å². The Kier molecular flexibility index (Phi) is 8.15. The molecule has 0 aromatic heterocycles. The van der Waals surface area contributed by atoms with E-state index in [1.165, 1.54) is 58.5 Å². The first kappa shape index (κ1) is 25.0. The Hall–Kier alpha value is -3.66. The molecule has 5 rings (SSSR count). The maximum atomic E-state index is 12.4. The topological polar surface area (TPSA) is 46.6 Å². The summed E-state index contributed by atoms with van der Waals surface area (Å²) >= 11 is 0. The lowest BCUT2D eigenvalue weighted by molar-refractivity contribution is 0.0651. The first-order valence-electron chi connectivity index (χ1n) is 13.7. The second kappa shape index (κ2) is 12.1. The van der Waals surface area contributed by atoms with E-state index in [1.807, 2.05) is 12.1 Å². The summed E-state index contributed by atoms with van der Waals surface area (Å²) in [5.74, 6) is 0.728. The molecule has 0 atom stereocenters. The molecule has 0 radical (unpaired) electrons. The number of rotatable bonds is 13. The minimum absolute atomic E-state index is 0.141. The van der Waals surface area contributed by atoms with E-state index in [9.17, 15) is 9.59 Å². The average Bonchev–Trinajstić information content (AvgIpc) is 3.18. The van der Waals surface area contributed by atoms with Gasteiger partial charge in [-0.1, -0.05) is 106 Å². The molecule has 0 saturated carbocycles. The van der Waals surface area contributed by atoms with E-state index < -0.39 is 0 Å². The van der Waals surface area contributed by atoms with Crippen molar-refractivity contribution in [1.29, 1.82) is 0 Å². The standard InChI is InChI=1S/C33H35NO3/c35-32-29-20-12-13-21-30(29)33(36)34(32)22-14-6-4-2-1-3-5-7-15-23-37-31-27-18-10-8-16-25(27)24-26-17-9-11-19-28(26)31/h8-13,16-21,24H,1-7,14-15,22-23H2. The van der Waals surface area contributed by atoms with Crippen molar-refractivity contribution in [2.24, 2.45) is 0 Å². The molecule has 2 amide bonds. The highest BCUT2D eigenvalue weighted by molar-refractivity contribution is 6.21. The number of fused-ring (bicyclic) bond motifs is 3. The Morgan fingerprint density at radius 3 is 1.57 bits per heavy atom. The summed E-state index contributed by atoms with van der Waals surface area (Å²) in [5.41, 5.74) is 1.09. The molecule has 1 aliphatic heterocycles. The Labute approximate surface area is 219 Å². The monoisotopic (exact) mass is 493 g/mol. The fourth-order valence-corrected chi connectivity index (χ4v) is 5.35. The number of carbonyl (C=O) groups excluding carboxylic acids is 2. The zero-order valence-corrected chi connectivity index (χ0v) is 21.5. The summed E-state index contributed by atoms with van der Waals surface area (Å²) in [7, 11) is 0. The van der Waals surface area contributed by atoms with Crippen LogP contribution in [0.3, 0.4) is 0 Å². The number of ether oxygens (including phenoxy) is 1. The van der Waals surface area contributed by atoms with Crippen molar-refractivity contribution in [3.8, 4) is 5.75 Å². The summed E-state index contributed by atoms with van der Waals surface area (Å²) in [6.07, 6.45) is 10.3. The van der Waals surface area contributed by atoms with Crippen molar-refractivity contribution in [3.05, 3.63) is 90.0 Å². The van der Waals surface area contributed by atoms with Gasteiger partial charge in [-0.2, -0.15) is 0 Å². The number of carbonyl (C=O) groups is 2. The number of benzene rings is 4. The molecule has 0 unspecified atom stereocenters. The summed E-state index contributed by atoms with van der Waals surface area (Å²) < 4.78 is 6.33. The van der Waals surface area contributed by atoms with Crippen LogP contribution >= 0.6 is 0 Å². The molecule has 4 aromatic carbocycles. The lowest BCUT2D eigenvalue weighted by Gasteiger charge is -2.13. The first-order valence-corrected chi connectivity index (χ1v) is 13.7. The summed E-state index contributed by atoms with van der Waals surface area (Å²) in [6, 6.07) is 26.3. The van der Waals surface area contributed by atoms with Crippen LogP contribution in [0.25, 0.3) is 21.5 Å². The lowest BCUT2D eigenvalue weighted by Crippen LogP contribution is -2.30. The lowest BCUT2D eigenvalue weighted by atomic mass is 10.0. The molecular weight excluding hydrogens is 458 g/mol. The van der Waals surface area contributed by atoms with Gasteiger partial charge in [0.25, 0.3) is 11.8 Å². The van der Waals surface area contributed by atoms with Gasteiger partial charge in [-0.15, -0.1) is 0 Å². The quantitative estimate of drug-likeness (QED) is 0.107. The van der Waals surface area contributed by atoms with E-state index >= 15 is 0 Å². The summed E-state index contributed by atoms with van der Waals surface area (Å²) in [6.45, 7) is 1.27. The van der Waals surface area contributed by atoms with E-state index in [0.29, 0.717) is 17.7 Å². The zero-order chi connectivity index (χ0) is 25.5. The van der Waals surface area contributed by atoms with E-state index in [0.717, 1.165) is 38.0 Å². The SMILES string of the molecule is O=C1c2ccccc2C(=O)N1CCCCCCCCCCCOc1c2ccccc2cc2ccccc12. The third-order valence-electron chi connectivity index (χ3n) is 7.37. The number of nitrogens with zero attached hydrogens (tertiary/aromatic N) is 1. The predicted octanol–water partition coefficient (Wildman–Crippen LogP) is 8.18. The molecule has 0 bridgehead atoms. The third kappa shape index (κ3) is 5.69. The highest BCUT2D eigenvalue weighted by atomic mass is 16.5. The highest BCUT2D eigenvalue weighted by Gasteiger charge is 2.34. The molecule has 4 heteroatoms. The molecule has 0 N–H and O–H groups in total. The predicted molar refractivity (Wildman–Crippen MR) is 150 cm³/mol. The average molecular weight is 494 g/mol. The minimum Gasteiger partial charge on any atom is -0.492 e. The normalized spacial score (nSPS) is 13.0. The molecule has 0 spiro atoms. The molecule has 4 aromatic rings. The first-order chi connectivity index (χ1) is 18.2. The van der Waals surface area contributed by atoms with E-state index in [1.54, 1.807) is 12.1 Å². The van der Waals surface area contributed by atoms with Crippen LogP contribution in [0.5, 0.6) is 5.75 Å². The van der Waals surface area contributed by atoms with Gasteiger partial charge < -0.3 is 4.74 Å². The van der Waals surface area contributed by atoms with Crippen molar-refractivity contribution < 1.29 is 14.3 Å². The van der Waals surface area contributed by atoms with Crippen LogP contribution in [0.4, 0.5) is 0 Å². The van der Waals surface area contributed by atoms with Crippen LogP contribution in [0, 0.1) is 0 Å². The molecular formula is C33H35NO3. The summed E-state index contributed by atoms with van der Waals surface area (Å²) in [4.78, 5) is 26.2. The Balaban J connectivity index is 0.948. The van der Waals surface area contributed by atoms with Gasteiger partial charge >= 0.3 is 0 Å². The highest BCUT2D eigenvalue weighted by Crippen LogP contribution is 2.35. The van der Waals surface area contributed by atoms with Crippen LogP contribution in [0.1, 0.15) is 78.5 Å². The van der Waals surface area contributed by atoms with E-state index in [-0.39, 0.29) is 11.8 Å². The van der Waals surface area contributed by atoms with Gasteiger partial charge in [0.2, 0.25) is 0 Å². The Bertz CT molecular complexity index is 1300. The second-order valence-corrected chi connectivity index (χ2v) is 9.99. The number of amides is 2. The van der Waals surface area contributed by atoms with Gasteiger partial charge in [-0.25, -0.2) is 0 Å². The molecule has 0 saturated heterocycles. The van der Waals surface area contributed by atoms with Crippen LogP contribution in [0.15, 0.2) is 78.9 Å². The minimum atomic E-state index is -0.141. The third-order valence-corrected chi connectivity index (χ3v) is 7.37. The summed E-state index contributed by atoms with van der Waals surface area (Å²) in [5, 5.41) is 4.81. The molecule has 4 nitrogen and oxygen atoms in total. The molecule has 190 valence electrons. The second-order valence-electron chi connectivity index (χ2n) is 9.99. The van der Waals surface area contributed by atoms with Crippen molar-refractivity contribution >= 4 is 33.4 Å². The fourth-order valence-electron chi connectivity index (χ4n) is 5.35. The van der Waals surface area contributed by atoms with Crippen molar-refractivity contribution in [1.82, 2.24) is 4.90 Å². The van der Waals surface area contributed by atoms with Crippen LogP contribution in [0.2, 0.25) is 0 Å².